The molecular weight excluding hydrogens is 426 g/mol. The summed E-state index contributed by atoms with van der Waals surface area (Å²) >= 11 is 0. The molecule has 1 aliphatic heterocycles. The van der Waals surface area contributed by atoms with Gasteiger partial charge in [-0.05, 0) is 60.7 Å². The van der Waals surface area contributed by atoms with Gasteiger partial charge in [0, 0.05) is 38.4 Å². The summed E-state index contributed by atoms with van der Waals surface area (Å²) in [5.41, 5.74) is 1.41. The van der Waals surface area contributed by atoms with E-state index in [4.69, 9.17) is 0 Å². The second kappa shape index (κ2) is 10.7. The van der Waals surface area contributed by atoms with E-state index in [1.165, 1.54) is 36.4 Å². The summed E-state index contributed by atoms with van der Waals surface area (Å²) in [5.74, 6) is -0.347. The van der Waals surface area contributed by atoms with Crippen LogP contribution in [0.15, 0.2) is 48.5 Å². The van der Waals surface area contributed by atoms with E-state index in [9.17, 15) is 18.4 Å². The number of piperazine rings is 1. The lowest BCUT2D eigenvalue weighted by atomic mass is 9.95. The minimum absolute atomic E-state index is 0.00422. The van der Waals surface area contributed by atoms with Gasteiger partial charge in [-0.3, -0.25) is 9.69 Å². The van der Waals surface area contributed by atoms with E-state index in [0.29, 0.717) is 44.3 Å². The van der Waals surface area contributed by atoms with Gasteiger partial charge in [0.05, 0.1) is 6.04 Å². The fraction of sp³-hybridized carbons (Fsp3) is 0.440. The Labute approximate surface area is 192 Å². The van der Waals surface area contributed by atoms with Crippen LogP contribution in [0.5, 0.6) is 0 Å². The van der Waals surface area contributed by atoms with E-state index >= 15 is 0 Å². The van der Waals surface area contributed by atoms with Crippen molar-refractivity contribution in [2.75, 3.05) is 31.5 Å². The molecule has 33 heavy (non-hydrogen) atoms. The Morgan fingerprint density at radius 1 is 0.879 bits per heavy atom. The van der Waals surface area contributed by atoms with Crippen molar-refractivity contribution in [2.45, 2.75) is 38.3 Å². The Kier molecular flexibility index (Phi) is 7.54. The molecular formula is C25H30F2N4O2. The molecule has 176 valence electrons. The number of nitrogens with one attached hydrogen (secondary N) is 2. The standard InChI is InChI=1S/C25H30F2N4O2/c26-20-7-5-18(6-8-20)17-28-24(32)23(19-3-1-2-4-19)30-13-15-31(16-14-30)25(33)29-22-11-9-21(27)10-12-22/h5-12,19,23H,1-4,13-17H2,(H,28,32)(H,29,33)/t23-/m1/s1. The third-order valence-electron chi connectivity index (χ3n) is 6.59. The molecule has 2 N–H and O–H groups in total. The molecule has 1 heterocycles. The molecule has 0 aromatic heterocycles. The Balaban J connectivity index is 1.34. The minimum atomic E-state index is -0.350. The summed E-state index contributed by atoms with van der Waals surface area (Å²) in [6.07, 6.45) is 4.32. The van der Waals surface area contributed by atoms with Crippen LogP contribution in [0.25, 0.3) is 0 Å². The zero-order chi connectivity index (χ0) is 23.2. The summed E-state index contributed by atoms with van der Waals surface area (Å²) in [6, 6.07) is 11.4. The highest BCUT2D eigenvalue weighted by Crippen LogP contribution is 2.31. The van der Waals surface area contributed by atoms with Gasteiger partial charge in [0.25, 0.3) is 0 Å². The van der Waals surface area contributed by atoms with Crippen molar-refractivity contribution in [2.24, 2.45) is 5.92 Å². The Hall–Kier alpha value is -3.00. The quantitative estimate of drug-likeness (QED) is 0.691. The van der Waals surface area contributed by atoms with Crippen molar-refractivity contribution in [3.05, 3.63) is 65.7 Å². The molecule has 2 fully saturated rings. The second-order valence-corrected chi connectivity index (χ2v) is 8.79. The summed E-state index contributed by atoms with van der Waals surface area (Å²) in [6.45, 7) is 2.62. The van der Waals surface area contributed by atoms with Gasteiger partial charge in [0.2, 0.25) is 5.91 Å². The molecule has 2 aromatic carbocycles. The van der Waals surface area contributed by atoms with Gasteiger partial charge in [0.15, 0.2) is 0 Å². The van der Waals surface area contributed by atoms with Gasteiger partial charge in [-0.1, -0.05) is 25.0 Å². The first-order valence-corrected chi connectivity index (χ1v) is 11.6. The van der Waals surface area contributed by atoms with Crippen molar-refractivity contribution in [3.8, 4) is 0 Å². The summed E-state index contributed by atoms with van der Waals surface area (Å²) in [7, 11) is 0. The molecule has 0 unspecified atom stereocenters. The molecule has 2 aromatic rings. The largest absolute Gasteiger partial charge is 0.351 e. The first-order chi connectivity index (χ1) is 16.0. The van der Waals surface area contributed by atoms with Gasteiger partial charge < -0.3 is 15.5 Å². The normalized spacial score (nSPS) is 18.2. The van der Waals surface area contributed by atoms with E-state index in [1.54, 1.807) is 17.0 Å². The minimum Gasteiger partial charge on any atom is -0.351 e. The Morgan fingerprint density at radius 3 is 2.06 bits per heavy atom. The maximum Gasteiger partial charge on any atom is 0.321 e. The van der Waals surface area contributed by atoms with Crippen LogP contribution in [0.1, 0.15) is 31.2 Å². The lowest BCUT2D eigenvalue weighted by Gasteiger charge is -2.40. The molecule has 1 aliphatic carbocycles. The molecule has 4 rings (SSSR count). The predicted molar refractivity (Wildman–Crippen MR) is 123 cm³/mol. The summed E-state index contributed by atoms with van der Waals surface area (Å²) in [4.78, 5) is 29.7. The number of nitrogens with zero attached hydrogens (tertiary/aromatic N) is 2. The fourth-order valence-corrected chi connectivity index (χ4v) is 4.79. The molecule has 3 amide bonds. The van der Waals surface area contributed by atoms with Crippen LogP contribution in [0.3, 0.4) is 0 Å². The molecule has 2 aliphatic rings. The van der Waals surface area contributed by atoms with Crippen LogP contribution in [0.4, 0.5) is 19.3 Å². The molecule has 1 saturated heterocycles. The van der Waals surface area contributed by atoms with Crippen molar-refractivity contribution in [3.63, 3.8) is 0 Å². The maximum atomic E-state index is 13.2. The highest BCUT2D eigenvalue weighted by Gasteiger charge is 2.37. The monoisotopic (exact) mass is 456 g/mol. The molecule has 0 radical (unpaired) electrons. The van der Waals surface area contributed by atoms with Gasteiger partial charge in [-0.15, -0.1) is 0 Å². The van der Waals surface area contributed by atoms with Crippen LogP contribution in [-0.2, 0) is 11.3 Å². The lowest BCUT2D eigenvalue weighted by Crippen LogP contribution is -2.58. The lowest BCUT2D eigenvalue weighted by molar-refractivity contribution is -0.129. The maximum absolute atomic E-state index is 13.2. The summed E-state index contributed by atoms with van der Waals surface area (Å²) in [5, 5.41) is 5.84. The first kappa shape index (κ1) is 23.2. The number of carbonyl (C=O) groups is 2. The predicted octanol–water partition coefficient (Wildman–Crippen LogP) is 3.99. The molecule has 0 bridgehead atoms. The number of urea groups is 1. The van der Waals surface area contributed by atoms with Crippen LogP contribution in [-0.4, -0.2) is 54.0 Å². The van der Waals surface area contributed by atoms with Crippen LogP contribution in [0.2, 0.25) is 0 Å². The van der Waals surface area contributed by atoms with Crippen molar-refractivity contribution < 1.29 is 18.4 Å². The number of rotatable bonds is 6. The van der Waals surface area contributed by atoms with Gasteiger partial charge in [-0.2, -0.15) is 0 Å². The zero-order valence-corrected chi connectivity index (χ0v) is 18.6. The molecule has 8 heteroatoms. The number of amides is 3. The van der Waals surface area contributed by atoms with Gasteiger partial charge in [0.1, 0.15) is 11.6 Å². The number of halogens is 2. The van der Waals surface area contributed by atoms with Crippen LogP contribution >= 0.6 is 0 Å². The second-order valence-electron chi connectivity index (χ2n) is 8.79. The average Bonchev–Trinajstić information content (AvgIpc) is 3.35. The average molecular weight is 457 g/mol. The molecule has 6 nitrogen and oxygen atoms in total. The fourth-order valence-electron chi connectivity index (χ4n) is 4.79. The number of hydrogen-bond donors (Lipinski definition) is 2. The van der Waals surface area contributed by atoms with E-state index < -0.39 is 0 Å². The molecule has 0 spiro atoms. The Bertz CT molecular complexity index is 938. The first-order valence-electron chi connectivity index (χ1n) is 11.6. The van der Waals surface area contributed by atoms with Crippen molar-refractivity contribution in [1.29, 1.82) is 0 Å². The smallest absolute Gasteiger partial charge is 0.321 e. The highest BCUT2D eigenvalue weighted by atomic mass is 19.1. The topological polar surface area (TPSA) is 64.7 Å². The number of carbonyl (C=O) groups excluding carboxylic acids is 2. The van der Waals surface area contributed by atoms with E-state index in [2.05, 4.69) is 15.5 Å². The van der Waals surface area contributed by atoms with Crippen molar-refractivity contribution >= 4 is 17.6 Å². The van der Waals surface area contributed by atoms with E-state index in [1.807, 2.05) is 0 Å². The number of hydrogen-bond acceptors (Lipinski definition) is 3. The highest BCUT2D eigenvalue weighted by molar-refractivity contribution is 5.89. The third-order valence-corrected chi connectivity index (χ3v) is 6.59. The Morgan fingerprint density at radius 2 is 1.45 bits per heavy atom. The van der Waals surface area contributed by atoms with Crippen molar-refractivity contribution in [1.82, 2.24) is 15.1 Å². The number of anilines is 1. The molecule has 1 atom stereocenters. The number of benzene rings is 2. The SMILES string of the molecule is O=C(NCc1ccc(F)cc1)[C@@H](C1CCCC1)N1CCN(C(=O)Nc2ccc(F)cc2)CC1. The summed E-state index contributed by atoms with van der Waals surface area (Å²) < 4.78 is 26.2. The van der Waals surface area contributed by atoms with Crippen LogP contribution < -0.4 is 10.6 Å². The van der Waals surface area contributed by atoms with Gasteiger partial charge >= 0.3 is 6.03 Å². The third kappa shape index (κ3) is 6.07. The van der Waals surface area contributed by atoms with E-state index in [-0.39, 0.29) is 29.6 Å². The zero-order valence-electron chi connectivity index (χ0n) is 18.6. The van der Waals surface area contributed by atoms with Crippen LogP contribution in [0, 0.1) is 17.6 Å². The van der Waals surface area contributed by atoms with E-state index in [0.717, 1.165) is 31.2 Å². The van der Waals surface area contributed by atoms with Gasteiger partial charge in [-0.25, -0.2) is 13.6 Å². The molecule has 1 saturated carbocycles.